The molecule has 2 rings (SSSR count). The minimum absolute atomic E-state index is 0.188. The monoisotopic (exact) mass is 241 g/mol. The quantitative estimate of drug-likeness (QED) is 0.758. The Kier molecular flexibility index (Phi) is 4.62. The van der Waals surface area contributed by atoms with E-state index < -0.39 is 0 Å². The van der Waals surface area contributed by atoms with Crippen LogP contribution in [0.25, 0.3) is 0 Å². The third kappa shape index (κ3) is 3.57. The van der Waals surface area contributed by atoms with Crippen molar-refractivity contribution < 1.29 is 9.53 Å². The van der Waals surface area contributed by atoms with E-state index in [2.05, 4.69) is 10.2 Å². The van der Waals surface area contributed by atoms with E-state index in [0.717, 1.165) is 45.2 Å². The zero-order valence-electron chi connectivity index (χ0n) is 10.7. The first-order valence-corrected chi connectivity index (χ1v) is 6.55. The summed E-state index contributed by atoms with van der Waals surface area (Å²) in [5, 5.41) is 3.39. The lowest BCUT2D eigenvalue weighted by atomic mass is 9.97. The molecule has 0 atom stereocenters. The number of hydrogen-bond acceptors (Lipinski definition) is 4. The van der Waals surface area contributed by atoms with Gasteiger partial charge >= 0.3 is 6.09 Å². The molecule has 0 radical (unpaired) electrons. The standard InChI is InChI=1S/C12H23N3O2/c1-17-12(16)15-8-6-14(7-9-15)10-11-2-4-13-5-3-11/h11,13H,2-10H2,1H3. The topological polar surface area (TPSA) is 44.8 Å². The van der Waals surface area contributed by atoms with Crippen molar-refractivity contribution in [3.05, 3.63) is 0 Å². The number of rotatable bonds is 2. The SMILES string of the molecule is COC(=O)N1CCN(CC2CCNCC2)CC1. The lowest BCUT2D eigenvalue weighted by molar-refractivity contribution is 0.0831. The average Bonchev–Trinajstić information content (AvgIpc) is 2.40. The van der Waals surface area contributed by atoms with Gasteiger partial charge in [0.15, 0.2) is 0 Å². The zero-order chi connectivity index (χ0) is 12.1. The van der Waals surface area contributed by atoms with Crippen molar-refractivity contribution in [2.24, 2.45) is 5.92 Å². The molecule has 5 nitrogen and oxygen atoms in total. The molecule has 17 heavy (non-hydrogen) atoms. The maximum Gasteiger partial charge on any atom is 0.409 e. The van der Waals surface area contributed by atoms with E-state index in [1.54, 1.807) is 4.90 Å². The van der Waals surface area contributed by atoms with Crippen molar-refractivity contribution in [2.75, 3.05) is 52.9 Å². The van der Waals surface area contributed by atoms with Crippen LogP contribution in [0.2, 0.25) is 0 Å². The van der Waals surface area contributed by atoms with Gasteiger partial charge in [0.2, 0.25) is 0 Å². The molecule has 1 N–H and O–H groups in total. The summed E-state index contributed by atoms with van der Waals surface area (Å²) in [6, 6.07) is 0. The first-order chi connectivity index (χ1) is 8.29. The highest BCUT2D eigenvalue weighted by Crippen LogP contribution is 2.14. The van der Waals surface area contributed by atoms with E-state index in [0.29, 0.717) is 0 Å². The molecule has 0 bridgehead atoms. The predicted molar refractivity (Wildman–Crippen MR) is 66.0 cm³/mol. The minimum atomic E-state index is -0.188. The van der Waals surface area contributed by atoms with Crippen LogP contribution in [0.1, 0.15) is 12.8 Å². The largest absolute Gasteiger partial charge is 0.453 e. The molecule has 0 aromatic rings. The first kappa shape index (κ1) is 12.6. The molecule has 1 amide bonds. The maximum atomic E-state index is 11.3. The number of methoxy groups -OCH3 is 1. The third-order valence-electron chi connectivity index (χ3n) is 3.78. The molecule has 2 saturated heterocycles. The smallest absolute Gasteiger partial charge is 0.409 e. The molecular formula is C12H23N3O2. The predicted octanol–water partition coefficient (Wildman–Crippen LogP) is 0.370. The Bertz CT molecular complexity index is 246. The Labute approximate surface area is 103 Å². The van der Waals surface area contributed by atoms with Crippen molar-refractivity contribution >= 4 is 6.09 Å². The minimum Gasteiger partial charge on any atom is -0.453 e. The fourth-order valence-corrected chi connectivity index (χ4v) is 2.67. The number of nitrogens with one attached hydrogen (secondary N) is 1. The molecule has 0 aromatic carbocycles. The number of amides is 1. The molecule has 2 fully saturated rings. The number of piperidine rings is 1. The number of ether oxygens (including phenoxy) is 1. The molecule has 2 aliphatic rings. The van der Waals surface area contributed by atoms with Gasteiger partial charge in [-0.15, -0.1) is 0 Å². The number of piperazine rings is 1. The van der Waals surface area contributed by atoms with Crippen molar-refractivity contribution in [3.8, 4) is 0 Å². The van der Waals surface area contributed by atoms with Crippen LogP contribution in [-0.2, 0) is 4.74 Å². The van der Waals surface area contributed by atoms with Crippen LogP contribution in [0.3, 0.4) is 0 Å². The zero-order valence-corrected chi connectivity index (χ0v) is 10.7. The second kappa shape index (κ2) is 6.21. The summed E-state index contributed by atoms with van der Waals surface area (Å²) < 4.78 is 4.74. The van der Waals surface area contributed by atoms with Gasteiger partial charge in [-0.2, -0.15) is 0 Å². The van der Waals surface area contributed by atoms with Crippen LogP contribution < -0.4 is 5.32 Å². The van der Waals surface area contributed by atoms with Gasteiger partial charge in [-0.05, 0) is 31.8 Å². The van der Waals surface area contributed by atoms with Crippen molar-refractivity contribution in [3.63, 3.8) is 0 Å². The van der Waals surface area contributed by atoms with E-state index in [4.69, 9.17) is 4.74 Å². The number of nitrogens with zero attached hydrogens (tertiary/aromatic N) is 2. The Morgan fingerprint density at radius 2 is 1.88 bits per heavy atom. The lowest BCUT2D eigenvalue weighted by Gasteiger charge is -2.36. The summed E-state index contributed by atoms with van der Waals surface area (Å²) in [6.07, 6.45) is 2.39. The Balaban J connectivity index is 1.69. The number of carbonyl (C=O) groups excluding carboxylic acids is 1. The summed E-state index contributed by atoms with van der Waals surface area (Å²) in [5.41, 5.74) is 0. The van der Waals surface area contributed by atoms with Crippen LogP contribution in [0.4, 0.5) is 4.79 Å². The highest BCUT2D eigenvalue weighted by atomic mass is 16.5. The lowest BCUT2D eigenvalue weighted by Crippen LogP contribution is -2.50. The number of carbonyl (C=O) groups is 1. The molecule has 2 heterocycles. The second-order valence-corrected chi connectivity index (χ2v) is 4.95. The molecular weight excluding hydrogens is 218 g/mol. The Morgan fingerprint density at radius 1 is 1.24 bits per heavy atom. The molecule has 0 aliphatic carbocycles. The normalized spacial score (nSPS) is 23.7. The summed E-state index contributed by atoms with van der Waals surface area (Å²) in [6.45, 7) is 7.09. The number of hydrogen-bond donors (Lipinski definition) is 1. The fourth-order valence-electron chi connectivity index (χ4n) is 2.67. The van der Waals surface area contributed by atoms with Gasteiger partial charge in [0.25, 0.3) is 0 Å². The van der Waals surface area contributed by atoms with Gasteiger partial charge in [0, 0.05) is 32.7 Å². The van der Waals surface area contributed by atoms with Crippen molar-refractivity contribution in [1.29, 1.82) is 0 Å². The van der Waals surface area contributed by atoms with Crippen LogP contribution in [-0.4, -0.2) is 68.8 Å². The molecule has 0 spiro atoms. The average molecular weight is 241 g/mol. The van der Waals surface area contributed by atoms with Gasteiger partial charge in [0.05, 0.1) is 7.11 Å². The van der Waals surface area contributed by atoms with Gasteiger partial charge in [-0.25, -0.2) is 4.79 Å². The molecule has 0 unspecified atom stereocenters. The van der Waals surface area contributed by atoms with Gasteiger partial charge < -0.3 is 15.0 Å². The first-order valence-electron chi connectivity index (χ1n) is 6.55. The van der Waals surface area contributed by atoms with Gasteiger partial charge in [-0.3, -0.25) is 4.90 Å². The summed E-state index contributed by atoms with van der Waals surface area (Å²) in [7, 11) is 1.45. The van der Waals surface area contributed by atoms with Crippen LogP contribution in [0.15, 0.2) is 0 Å². The van der Waals surface area contributed by atoms with Crippen LogP contribution in [0, 0.1) is 5.92 Å². The van der Waals surface area contributed by atoms with E-state index in [9.17, 15) is 4.79 Å². The third-order valence-corrected chi connectivity index (χ3v) is 3.78. The summed E-state index contributed by atoms with van der Waals surface area (Å²) in [4.78, 5) is 15.6. The molecule has 98 valence electrons. The van der Waals surface area contributed by atoms with Crippen LogP contribution >= 0.6 is 0 Å². The van der Waals surface area contributed by atoms with Gasteiger partial charge in [0.1, 0.15) is 0 Å². The summed E-state index contributed by atoms with van der Waals surface area (Å²) in [5.74, 6) is 0.834. The van der Waals surface area contributed by atoms with E-state index in [-0.39, 0.29) is 6.09 Å². The van der Waals surface area contributed by atoms with Gasteiger partial charge in [-0.1, -0.05) is 0 Å². The fraction of sp³-hybridized carbons (Fsp3) is 0.917. The van der Waals surface area contributed by atoms with Crippen molar-refractivity contribution in [1.82, 2.24) is 15.1 Å². The maximum absolute atomic E-state index is 11.3. The highest BCUT2D eigenvalue weighted by molar-refractivity contribution is 5.67. The molecule has 2 aliphatic heterocycles. The summed E-state index contributed by atoms with van der Waals surface area (Å²) >= 11 is 0. The molecule has 0 aromatic heterocycles. The molecule has 5 heteroatoms. The highest BCUT2D eigenvalue weighted by Gasteiger charge is 2.23. The Morgan fingerprint density at radius 3 is 2.47 bits per heavy atom. The van der Waals surface area contributed by atoms with E-state index >= 15 is 0 Å². The van der Waals surface area contributed by atoms with E-state index in [1.165, 1.54) is 26.5 Å². The molecule has 0 saturated carbocycles. The second-order valence-electron chi connectivity index (χ2n) is 4.95. The van der Waals surface area contributed by atoms with Crippen LogP contribution in [0.5, 0.6) is 0 Å². The Hall–Kier alpha value is -0.810. The van der Waals surface area contributed by atoms with Crippen molar-refractivity contribution in [2.45, 2.75) is 12.8 Å². The van der Waals surface area contributed by atoms with E-state index in [1.807, 2.05) is 0 Å².